The lowest BCUT2D eigenvalue weighted by molar-refractivity contribution is -0.481. The van der Waals surface area contributed by atoms with E-state index in [0.29, 0.717) is 10.8 Å². The first-order chi connectivity index (χ1) is 14.1. The second-order valence-electron chi connectivity index (χ2n) is 6.81. The monoisotopic (exact) mass is 406 g/mol. The van der Waals surface area contributed by atoms with Crippen molar-refractivity contribution in [2.24, 2.45) is 0 Å². The lowest BCUT2D eigenvalue weighted by Crippen LogP contribution is -2.14. The van der Waals surface area contributed by atoms with Crippen molar-refractivity contribution in [3.8, 4) is 17.0 Å². The van der Waals surface area contributed by atoms with Crippen LogP contribution in [0.1, 0.15) is 17.0 Å². The molecule has 0 fully saturated rings. The Bertz CT molecular complexity index is 1150. The molecule has 1 aromatic heterocycles. The van der Waals surface area contributed by atoms with Crippen LogP contribution in [0.5, 0.6) is 5.75 Å². The number of H-pyrrole nitrogens is 1. The summed E-state index contributed by atoms with van der Waals surface area (Å²) in [6.07, 6.45) is 0. The average molecular weight is 407 g/mol. The molecule has 0 saturated carbocycles. The minimum Gasteiger partial charge on any atom is -0.497 e. The zero-order valence-electron chi connectivity index (χ0n) is 15.8. The third kappa shape index (κ3) is 3.82. The Hall–Kier alpha value is -3.31. The fourth-order valence-corrected chi connectivity index (χ4v) is 3.84. The number of hydrogen-bond acceptors (Lipinski definition) is 3. The smallest absolute Gasteiger partial charge is 0.214 e. The Kier molecular flexibility index (Phi) is 5.23. The molecule has 1 N–H and O–H groups in total. The van der Waals surface area contributed by atoms with Gasteiger partial charge in [-0.15, -0.1) is 0 Å². The molecule has 0 aliphatic rings. The minimum absolute atomic E-state index is 0.214. The Morgan fingerprint density at radius 2 is 1.72 bits per heavy atom. The van der Waals surface area contributed by atoms with Crippen LogP contribution in [-0.4, -0.2) is 23.6 Å². The maximum absolute atomic E-state index is 11.6. The number of halogens is 1. The van der Waals surface area contributed by atoms with Crippen molar-refractivity contribution in [2.45, 2.75) is 5.92 Å². The van der Waals surface area contributed by atoms with Crippen LogP contribution in [0.2, 0.25) is 5.02 Å². The zero-order chi connectivity index (χ0) is 20.4. The van der Waals surface area contributed by atoms with E-state index in [4.69, 9.17) is 16.3 Å². The van der Waals surface area contributed by atoms with Crippen LogP contribution in [-0.2, 0) is 0 Å². The molecule has 5 nitrogen and oxygen atoms in total. The van der Waals surface area contributed by atoms with E-state index in [9.17, 15) is 10.1 Å². The van der Waals surface area contributed by atoms with Gasteiger partial charge in [0.1, 0.15) is 5.75 Å². The number of benzene rings is 3. The maximum Gasteiger partial charge on any atom is 0.214 e. The summed E-state index contributed by atoms with van der Waals surface area (Å²) in [6.45, 7) is -0.214. The van der Waals surface area contributed by atoms with Gasteiger partial charge in [-0.05, 0) is 47.0 Å². The molecule has 4 rings (SSSR count). The minimum atomic E-state index is -0.419. The highest BCUT2D eigenvalue weighted by molar-refractivity contribution is 6.30. The molecule has 0 amide bonds. The van der Waals surface area contributed by atoms with Gasteiger partial charge in [-0.1, -0.05) is 54.1 Å². The van der Waals surface area contributed by atoms with Gasteiger partial charge in [-0.2, -0.15) is 0 Å². The van der Waals surface area contributed by atoms with Crippen LogP contribution < -0.4 is 4.74 Å². The van der Waals surface area contributed by atoms with Crippen molar-refractivity contribution < 1.29 is 9.66 Å². The predicted octanol–water partition coefficient (Wildman–Crippen LogP) is 5.91. The molecule has 0 bridgehead atoms. The number of rotatable bonds is 6. The van der Waals surface area contributed by atoms with Crippen molar-refractivity contribution in [1.29, 1.82) is 0 Å². The van der Waals surface area contributed by atoms with Gasteiger partial charge in [0.15, 0.2) is 0 Å². The number of aromatic amines is 1. The molecule has 146 valence electrons. The van der Waals surface area contributed by atoms with Gasteiger partial charge in [0.2, 0.25) is 6.54 Å². The molecule has 0 radical (unpaired) electrons. The van der Waals surface area contributed by atoms with Crippen LogP contribution >= 0.6 is 11.6 Å². The summed E-state index contributed by atoms with van der Waals surface area (Å²) in [5.74, 6) is 0.295. The summed E-state index contributed by atoms with van der Waals surface area (Å²) in [4.78, 5) is 14.8. The van der Waals surface area contributed by atoms with Gasteiger partial charge in [-0.25, -0.2) is 0 Å². The highest BCUT2D eigenvalue weighted by Crippen LogP contribution is 2.39. The van der Waals surface area contributed by atoms with Gasteiger partial charge < -0.3 is 9.72 Å². The first kappa shape index (κ1) is 19.0. The predicted molar refractivity (Wildman–Crippen MR) is 115 cm³/mol. The molecule has 6 heteroatoms. The molecule has 0 saturated heterocycles. The van der Waals surface area contributed by atoms with E-state index in [-0.39, 0.29) is 11.5 Å². The van der Waals surface area contributed by atoms with Crippen molar-refractivity contribution in [1.82, 2.24) is 4.98 Å². The summed E-state index contributed by atoms with van der Waals surface area (Å²) in [5, 5.41) is 13.2. The van der Waals surface area contributed by atoms with Gasteiger partial charge in [0.05, 0.1) is 18.7 Å². The highest BCUT2D eigenvalue weighted by Gasteiger charge is 2.27. The number of fused-ring (bicyclic) bond motifs is 1. The largest absolute Gasteiger partial charge is 0.497 e. The van der Waals surface area contributed by atoms with Crippen molar-refractivity contribution in [3.05, 3.63) is 99.1 Å². The van der Waals surface area contributed by atoms with Crippen LogP contribution in [0.4, 0.5) is 0 Å². The Balaban J connectivity index is 1.95. The fourth-order valence-electron chi connectivity index (χ4n) is 3.72. The zero-order valence-corrected chi connectivity index (χ0v) is 16.5. The summed E-state index contributed by atoms with van der Waals surface area (Å²) < 4.78 is 5.24. The van der Waals surface area contributed by atoms with E-state index in [0.717, 1.165) is 33.3 Å². The van der Waals surface area contributed by atoms with Crippen molar-refractivity contribution >= 4 is 22.5 Å². The number of hydrogen-bond donors (Lipinski definition) is 1. The first-order valence-electron chi connectivity index (χ1n) is 9.19. The first-order valence-corrected chi connectivity index (χ1v) is 9.57. The number of nitrogens with one attached hydrogen (secondary N) is 1. The third-order valence-corrected chi connectivity index (χ3v) is 5.33. The second-order valence-corrected chi connectivity index (χ2v) is 7.24. The Morgan fingerprint density at radius 1 is 1.03 bits per heavy atom. The van der Waals surface area contributed by atoms with Crippen LogP contribution in [0, 0.1) is 10.1 Å². The Labute approximate surface area is 173 Å². The van der Waals surface area contributed by atoms with E-state index >= 15 is 0 Å². The van der Waals surface area contributed by atoms with Gasteiger partial charge in [-0.3, -0.25) is 10.1 Å². The molecule has 1 heterocycles. The lowest BCUT2D eigenvalue weighted by Gasteiger charge is -2.16. The van der Waals surface area contributed by atoms with E-state index < -0.39 is 5.92 Å². The quantitative estimate of drug-likeness (QED) is 0.320. The van der Waals surface area contributed by atoms with Gasteiger partial charge in [0.25, 0.3) is 0 Å². The van der Waals surface area contributed by atoms with E-state index in [1.54, 1.807) is 7.11 Å². The molecule has 1 atom stereocenters. The summed E-state index contributed by atoms with van der Waals surface area (Å²) in [5.41, 5.74) is 4.51. The third-order valence-electron chi connectivity index (χ3n) is 5.08. The van der Waals surface area contributed by atoms with Crippen molar-refractivity contribution in [3.63, 3.8) is 0 Å². The van der Waals surface area contributed by atoms with Crippen molar-refractivity contribution in [2.75, 3.05) is 13.7 Å². The number of para-hydroxylation sites is 1. The highest BCUT2D eigenvalue weighted by atomic mass is 35.5. The Morgan fingerprint density at radius 3 is 2.38 bits per heavy atom. The molecular weight excluding hydrogens is 388 g/mol. The fraction of sp³-hybridized carbons (Fsp3) is 0.130. The van der Waals surface area contributed by atoms with E-state index in [2.05, 4.69) is 4.98 Å². The van der Waals surface area contributed by atoms with E-state index in [1.165, 1.54) is 0 Å². The van der Waals surface area contributed by atoms with Crippen LogP contribution in [0.15, 0.2) is 72.8 Å². The second kappa shape index (κ2) is 7.97. The summed E-state index contributed by atoms with van der Waals surface area (Å²) in [6, 6.07) is 22.8. The number of nitrogens with zero attached hydrogens (tertiary/aromatic N) is 1. The average Bonchev–Trinajstić information content (AvgIpc) is 3.12. The normalized spacial score (nSPS) is 12.1. The lowest BCUT2D eigenvalue weighted by atomic mass is 9.87. The molecule has 0 aliphatic carbocycles. The summed E-state index contributed by atoms with van der Waals surface area (Å²) in [7, 11) is 1.60. The standard InChI is InChI=1S/C23H19ClN2O3/c1-29-18-12-8-15(9-13-18)20(14-26(27)28)22-19-4-2-3-5-21(19)25-23(22)16-6-10-17(24)11-7-16/h2-13,20,25H,14H2,1H3. The number of nitro groups is 1. The van der Waals surface area contributed by atoms with Crippen LogP contribution in [0.3, 0.4) is 0 Å². The SMILES string of the molecule is COc1ccc(C(C[N+](=O)[O-])c2c(-c3ccc(Cl)cc3)[nH]c3ccccc23)cc1. The molecule has 4 aromatic rings. The molecule has 0 aliphatic heterocycles. The number of methoxy groups -OCH3 is 1. The number of ether oxygens (including phenoxy) is 1. The topological polar surface area (TPSA) is 68.2 Å². The number of aromatic nitrogens is 1. The van der Waals surface area contributed by atoms with Gasteiger partial charge >= 0.3 is 0 Å². The van der Waals surface area contributed by atoms with Gasteiger partial charge in [0, 0.05) is 20.8 Å². The molecule has 3 aromatic carbocycles. The van der Waals surface area contributed by atoms with Crippen LogP contribution in [0.25, 0.3) is 22.2 Å². The molecule has 29 heavy (non-hydrogen) atoms. The maximum atomic E-state index is 11.6. The summed E-state index contributed by atoms with van der Waals surface area (Å²) >= 11 is 6.06. The molecular formula is C23H19ClN2O3. The molecule has 1 unspecified atom stereocenters. The molecule has 0 spiro atoms. The van der Waals surface area contributed by atoms with E-state index in [1.807, 2.05) is 72.8 Å².